The summed E-state index contributed by atoms with van der Waals surface area (Å²) in [7, 11) is 0. The van der Waals surface area contributed by atoms with Gasteiger partial charge in [-0.05, 0) is 13.8 Å². The van der Waals surface area contributed by atoms with E-state index in [-0.39, 0.29) is 13.2 Å². The molecule has 0 radical (unpaired) electrons. The predicted octanol–water partition coefficient (Wildman–Crippen LogP) is -1.62. The summed E-state index contributed by atoms with van der Waals surface area (Å²) in [5.74, 6) is 0. The summed E-state index contributed by atoms with van der Waals surface area (Å²) in [4.78, 5) is 8.25. The molecule has 0 saturated carbocycles. The lowest BCUT2D eigenvalue weighted by atomic mass is 10.8. The summed E-state index contributed by atoms with van der Waals surface area (Å²) < 4.78 is 4.83. The number of aliphatic hydroxyl groups excluding tert-OH is 2. The van der Waals surface area contributed by atoms with E-state index in [1.165, 1.54) is 0 Å². The van der Waals surface area contributed by atoms with Crippen molar-refractivity contribution in [1.82, 2.24) is 0 Å². The molecule has 0 spiro atoms. The Morgan fingerprint density at radius 3 is 1.50 bits per heavy atom. The Balaban J connectivity index is -0.000000105. The van der Waals surface area contributed by atoms with Crippen molar-refractivity contribution in [3.8, 4) is 0 Å². The monoisotopic (exact) mass is 181 g/mol. The molecule has 0 bridgehead atoms. The van der Waals surface area contributed by atoms with Crippen LogP contribution >= 0.6 is 0 Å². The molecular weight excluding hydrogens is 164 g/mol. The standard InChI is InChI=1S/C4H10O.C2H6O2.CH2O2/c1-3-5-4-2;3-1-2-4;2-1-3/h3-4H2,1-2H3;3-4H,1-2H2;1H,(H,2,3)/p-1. The molecular formula is C7H17O5-. The molecule has 76 valence electrons. The highest BCUT2D eigenvalue weighted by atomic mass is 16.5. The minimum atomic E-state index is -0.500. The Kier molecular flexibility index (Phi) is 45.9. The van der Waals surface area contributed by atoms with Crippen molar-refractivity contribution >= 4 is 6.47 Å². The summed E-state index contributed by atoms with van der Waals surface area (Å²) >= 11 is 0. The fourth-order valence-corrected chi connectivity index (χ4v) is 0.204. The molecule has 0 aromatic heterocycles. The minimum absolute atomic E-state index is 0.125. The van der Waals surface area contributed by atoms with E-state index in [2.05, 4.69) is 0 Å². The molecule has 0 aliphatic carbocycles. The fraction of sp³-hybridized carbons (Fsp3) is 0.857. The van der Waals surface area contributed by atoms with Gasteiger partial charge in [-0.25, -0.2) is 0 Å². The maximum absolute atomic E-state index is 8.25. The van der Waals surface area contributed by atoms with Crippen LogP contribution in [0.5, 0.6) is 0 Å². The zero-order valence-electron chi connectivity index (χ0n) is 7.52. The number of rotatable bonds is 3. The van der Waals surface area contributed by atoms with Crippen molar-refractivity contribution in [2.24, 2.45) is 0 Å². The SMILES string of the molecule is CCOCC.O=C[O-].OCCO. The third-order valence-corrected chi connectivity index (χ3v) is 0.508. The van der Waals surface area contributed by atoms with Gasteiger partial charge >= 0.3 is 0 Å². The van der Waals surface area contributed by atoms with Crippen molar-refractivity contribution in [3.63, 3.8) is 0 Å². The van der Waals surface area contributed by atoms with Gasteiger partial charge in [0.05, 0.1) is 13.2 Å². The summed E-state index contributed by atoms with van der Waals surface area (Å²) in [5, 5.41) is 23.5. The van der Waals surface area contributed by atoms with Crippen LogP contribution in [0.4, 0.5) is 0 Å². The van der Waals surface area contributed by atoms with Crippen LogP contribution in [0.2, 0.25) is 0 Å². The first-order chi connectivity index (χ1) is 5.74. The van der Waals surface area contributed by atoms with Gasteiger partial charge in [-0.1, -0.05) is 0 Å². The predicted molar refractivity (Wildman–Crippen MR) is 42.4 cm³/mol. The number of hydrogen-bond acceptors (Lipinski definition) is 5. The molecule has 0 aromatic rings. The van der Waals surface area contributed by atoms with Crippen LogP contribution < -0.4 is 5.11 Å². The average molecular weight is 181 g/mol. The van der Waals surface area contributed by atoms with E-state index in [9.17, 15) is 0 Å². The van der Waals surface area contributed by atoms with E-state index in [4.69, 9.17) is 24.9 Å². The van der Waals surface area contributed by atoms with Crippen LogP contribution in [-0.2, 0) is 9.53 Å². The molecule has 12 heavy (non-hydrogen) atoms. The largest absolute Gasteiger partial charge is 0.554 e. The zero-order valence-corrected chi connectivity index (χ0v) is 7.52. The molecule has 0 fully saturated rings. The van der Waals surface area contributed by atoms with Gasteiger partial charge < -0.3 is 24.9 Å². The second-order valence-electron chi connectivity index (χ2n) is 1.32. The number of ether oxygens (including phenoxy) is 1. The Morgan fingerprint density at radius 2 is 1.50 bits per heavy atom. The molecule has 0 amide bonds. The van der Waals surface area contributed by atoms with E-state index in [0.29, 0.717) is 0 Å². The molecule has 0 aliphatic heterocycles. The maximum atomic E-state index is 8.25. The third-order valence-electron chi connectivity index (χ3n) is 0.508. The van der Waals surface area contributed by atoms with Crippen molar-refractivity contribution in [2.45, 2.75) is 13.8 Å². The number of carboxylic acid groups (broad SMARTS) is 1. The highest BCUT2D eigenvalue weighted by Crippen LogP contribution is 1.64. The number of hydrogen-bond donors (Lipinski definition) is 2. The summed E-state index contributed by atoms with van der Waals surface area (Å²) in [6.45, 7) is 4.92. The van der Waals surface area contributed by atoms with Crippen LogP contribution in [0.15, 0.2) is 0 Å². The molecule has 5 heteroatoms. The summed E-state index contributed by atoms with van der Waals surface area (Å²) in [6, 6.07) is 0. The van der Waals surface area contributed by atoms with Crippen molar-refractivity contribution in [2.75, 3.05) is 26.4 Å². The average Bonchev–Trinajstić information content (AvgIpc) is 2.08. The molecule has 0 heterocycles. The lowest BCUT2D eigenvalue weighted by Gasteiger charge is -1.86. The van der Waals surface area contributed by atoms with Gasteiger partial charge in [-0.2, -0.15) is 0 Å². The fourth-order valence-electron chi connectivity index (χ4n) is 0.204. The Hall–Kier alpha value is -0.650. The molecule has 0 aliphatic rings. The first-order valence-corrected chi connectivity index (χ1v) is 3.60. The Morgan fingerprint density at radius 1 is 1.25 bits per heavy atom. The van der Waals surface area contributed by atoms with Crippen LogP contribution in [0, 0.1) is 0 Å². The highest BCUT2D eigenvalue weighted by molar-refractivity contribution is 5.29. The number of aliphatic hydroxyl groups is 2. The number of carbonyl (C=O) groups excluding carboxylic acids is 1. The van der Waals surface area contributed by atoms with E-state index < -0.39 is 6.47 Å². The second-order valence-corrected chi connectivity index (χ2v) is 1.32. The van der Waals surface area contributed by atoms with Gasteiger partial charge in [0, 0.05) is 19.7 Å². The normalized spacial score (nSPS) is 7.00. The minimum Gasteiger partial charge on any atom is -0.554 e. The van der Waals surface area contributed by atoms with Gasteiger partial charge in [-0.15, -0.1) is 0 Å². The molecule has 0 unspecified atom stereocenters. The smallest absolute Gasteiger partial charge is 0.0662 e. The maximum Gasteiger partial charge on any atom is 0.0662 e. The Bertz CT molecular complexity index is 53.8. The van der Waals surface area contributed by atoms with Crippen LogP contribution in [0.3, 0.4) is 0 Å². The van der Waals surface area contributed by atoms with Crippen molar-refractivity contribution < 1.29 is 24.9 Å². The van der Waals surface area contributed by atoms with Gasteiger partial charge in [0.1, 0.15) is 0 Å². The van der Waals surface area contributed by atoms with Crippen molar-refractivity contribution in [1.29, 1.82) is 0 Å². The molecule has 0 rings (SSSR count). The second kappa shape index (κ2) is 31.6. The molecule has 2 N–H and O–H groups in total. The Labute approximate surface area is 72.6 Å². The molecule has 5 nitrogen and oxygen atoms in total. The topological polar surface area (TPSA) is 89.8 Å². The van der Waals surface area contributed by atoms with E-state index >= 15 is 0 Å². The lowest BCUT2D eigenvalue weighted by molar-refractivity contribution is -0.283. The van der Waals surface area contributed by atoms with Crippen LogP contribution in [0.1, 0.15) is 13.8 Å². The van der Waals surface area contributed by atoms with Crippen LogP contribution in [-0.4, -0.2) is 43.1 Å². The third kappa shape index (κ3) is 118. The molecule has 0 aromatic carbocycles. The summed E-state index contributed by atoms with van der Waals surface area (Å²) in [6.07, 6.45) is 0. The summed E-state index contributed by atoms with van der Waals surface area (Å²) in [5.41, 5.74) is 0. The quantitative estimate of drug-likeness (QED) is 0.511. The van der Waals surface area contributed by atoms with Gasteiger partial charge in [0.2, 0.25) is 0 Å². The first-order valence-electron chi connectivity index (χ1n) is 3.60. The van der Waals surface area contributed by atoms with Crippen molar-refractivity contribution in [3.05, 3.63) is 0 Å². The van der Waals surface area contributed by atoms with Crippen LogP contribution in [0.25, 0.3) is 0 Å². The van der Waals surface area contributed by atoms with E-state index in [1.54, 1.807) is 0 Å². The zero-order chi connectivity index (χ0) is 10.2. The van der Waals surface area contributed by atoms with E-state index in [1.807, 2.05) is 13.8 Å². The number of carbonyl (C=O) groups is 1. The molecule has 0 atom stereocenters. The van der Waals surface area contributed by atoms with Gasteiger partial charge in [0.15, 0.2) is 0 Å². The van der Waals surface area contributed by atoms with E-state index in [0.717, 1.165) is 13.2 Å². The highest BCUT2D eigenvalue weighted by Gasteiger charge is 1.64. The molecule has 0 saturated heterocycles. The van der Waals surface area contributed by atoms with Gasteiger partial charge in [-0.3, -0.25) is 0 Å². The first kappa shape index (κ1) is 17.4. The van der Waals surface area contributed by atoms with Gasteiger partial charge in [0.25, 0.3) is 0 Å². The lowest BCUT2D eigenvalue weighted by Crippen LogP contribution is -2.01.